The fourth-order valence-electron chi connectivity index (χ4n) is 3.01. The van der Waals surface area contributed by atoms with Crippen LogP contribution in [0.15, 0.2) is 77.3 Å². The zero-order chi connectivity index (χ0) is 23.2. The second kappa shape index (κ2) is 10.4. The topological polar surface area (TPSA) is 80.1 Å². The van der Waals surface area contributed by atoms with Crippen LogP contribution in [0.4, 0.5) is 10.1 Å². The molecule has 0 aliphatic heterocycles. The summed E-state index contributed by atoms with van der Waals surface area (Å²) in [7, 11) is 1.56. The van der Waals surface area contributed by atoms with E-state index in [1.54, 1.807) is 18.4 Å². The van der Waals surface area contributed by atoms with Gasteiger partial charge in [0.2, 0.25) is 11.8 Å². The fraction of sp³-hybridized carbons (Fsp3) is 0.130. The lowest BCUT2D eigenvalue weighted by molar-refractivity contribution is -0.131. The predicted molar refractivity (Wildman–Crippen MR) is 128 cm³/mol. The van der Waals surface area contributed by atoms with Crippen molar-refractivity contribution < 1.29 is 14.0 Å². The molecule has 7 nitrogen and oxygen atoms in total. The highest BCUT2D eigenvalue weighted by molar-refractivity contribution is 7.99. The number of aromatic nitrogens is 3. The number of carbonyl (C=O) groups is 2. The van der Waals surface area contributed by atoms with Gasteiger partial charge in [-0.05, 0) is 47.8 Å². The Hall–Kier alpha value is -3.50. The van der Waals surface area contributed by atoms with E-state index in [2.05, 4.69) is 15.5 Å². The van der Waals surface area contributed by atoms with E-state index in [4.69, 9.17) is 0 Å². The summed E-state index contributed by atoms with van der Waals surface area (Å²) in [6.45, 7) is -0.122. The first-order valence-electron chi connectivity index (χ1n) is 9.98. The monoisotopic (exact) mass is 481 g/mol. The maximum Gasteiger partial charge on any atom is 0.243 e. The molecule has 0 atom stereocenters. The molecule has 0 spiro atoms. The van der Waals surface area contributed by atoms with Gasteiger partial charge in [0.05, 0.1) is 17.2 Å². The molecule has 0 aliphatic carbocycles. The molecule has 2 aromatic heterocycles. The van der Waals surface area contributed by atoms with Gasteiger partial charge in [-0.3, -0.25) is 14.2 Å². The van der Waals surface area contributed by atoms with E-state index < -0.39 is 0 Å². The number of nitrogens with zero attached hydrogens (tertiary/aromatic N) is 4. The van der Waals surface area contributed by atoms with Crippen LogP contribution >= 0.6 is 23.1 Å². The summed E-state index contributed by atoms with van der Waals surface area (Å²) in [4.78, 5) is 27.2. The minimum Gasteiger partial charge on any atom is -0.336 e. The van der Waals surface area contributed by atoms with Gasteiger partial charge in [0.25, 0.3) is 0 Å². The lowest BCUT2D eigenvalue weighted by Gasteiger charge is -2.17. The molecule has 168 valence electrons. The van der Waals surface area contributed by atoms with Crippen molar-refractivity contribution in [3.63, 3.8) is 0 Å². The lowest BCUT2D eigenvalue weighted by atomic mass is 10.3. The van der Waals surface area contributed by atoms with Crippen molar-refractivity contribution in [3.8, 4) is 16.4 Å². The van der Waals surface area contributed by atoms with Crippen LogP contribution in [-0.4, -0.2) is 50.8 Å². The first-order valence-corrected chi connectivity index (χ1v) is 11.8. The van der Waals surface area contributed by atoms with Crippen LogP contribution < -0.4 is 5.32 Å². The van der Waals surface area contributed by atoms with Crippen LogP contribution in [0.2, 0.25) is 0 Å². The van der Waals surface area contributed by atoms with Gasteiger partial charge in [-0.25, -0.2) is 4.39 Å². The molecule has 0 unspecified atom stereocenters. The molecule has 2 amide bonds. The van der Waals surface area contributed by atoms with E-state index in [-0.39, 0.29) is 29.9 Å². The number of likely N-dealkylation sites (N-methyl/N-ethyl adjacent to an activating group) is 1. The molecule has 0 bridgehead atoms. The van der Waals surface area contributed by atoms with Gasteiger partial charge in [-0.1, -0.05) is 36.0 Å². The standard InChI is InChI=1S/C23H20FN5O2S2/c1-28(14-20(30)25-17-11-9-16(24)10-12-17)21(31)15-33-23-27-26-22(19-8-5-13-32-19)29(23)18-6-3-2-4-7-18/h2-13H,14-15H2,1H3,(H,25,30). The number of thiophene rings is 1. The van der Waals surface area contributed by atoms with Crippen LogP contribution in [0, 0.1) is 5.82 Å². The van der Waals surface area contributed by atoms with Crippen molar-refractivity contribution >= 4 is 40.6 Å². The van der Waals surface area contributed by atoms with Gasteiger partial charge in [0, 0.05) is 18.4 Å². The highest BCUT2D eigenvalue weighted by Crippen LogP contribution is 2.30. The van der Waals surface area contributed by atoms with Crippen LogP contribution in [0.1, 0.15) is 0 Å². The third kappa shape index (κ3) is 5.65. The molecule has 0 aliphatic rings. The fourth-order valence-corrected chi connectivity index (χ4v) is 4.60. The van der Waals surface area contributed by atoms with Gasteiger partial charge in [0.1, 0.15) is 5.82 Å². The molecule has 0 saturated carbocycles. The minimum atomic E-state index is -0.386. The quantitative estimate of drug-likeness (QED) is 0.379. The summed E-state index contributed by atoms with van der Waals surface area (Å²) in [5.41, 5.74) is 1.36. The highest BCUT2D eigenvalue weighted by Gasteiger charge is 2.19. The number of rotatable bonds is 8. The number of hydrogen-bond donors (Lipinski definition) is 1. The van der Waals surface area contributed by atoms with E-state index in [0.29, 0.717) is 16.7 Å². The normalized spacial score (nSPS) is 10.7. The molecular weight excluding hydrogens is 461 g/mol. The Balaban J connectivity index is 1.41. The van der Waals surface area contributed by atoms with Crippen LogP contribution in [0.5, 0.6) is 0 Å². The predicted octanol–water partition coefficient (Wildman–Crippen LogP) is 4.32. The van der Waals surface area contributed by atoms with E-state index >= 15 is 0 Å². The minimum absolute atomic E-state index is 0.0930. The average molecular weight is 482 g/mol. The van der Waals surface area contributed by atoms with E-state index in [1.165, 1.54) is 40.9 Å². The SMILES string of the molecule is CN(CC(=O)Nc1ccc(F)cc1)C(=O)CSc1nnc(-c2cccs2)n1-c1ccccc1. The summed E-state index contributed by atoms with van der Waals surface area (Å²) in [6.07, 6.45) is 0. The Morgan fingerprint density at radius 3 is 2.52 bits per heavy atom. The number of hydrogen-bond acceptors (Lipinski definition) is 6. The number of carbonyl (C=O) groups excluding carboxylic acids is 2. The molecule has 0 fully saturated rings. The summed E-state index contributed by atoms with van der Waals surface area (Å²) >= 11 is 2.82. The molecule has 2 heterocycles. The zero-order valence-electron chi connectivity index (χ0n) is 17.6. The van der Waals surface area contributed by atoms with Gasteiger partial charge in [0.15, 0.2) is 11.0 Å². The second-order valence-electron chi connectivity index (χ2n) is 7.05. The molecule has 4 aromatic rings. The van der Waals surface area contributed by atoms with Gasteiger partial charge >= 0.3 is 0 Å². The average Bonchev–Trinajstić information content (AvgIpc) is 3.49. The van der Waals surface area contributed by atoms with Crippen molar-refractivity contribution in [2.75, 3.05) is 24.7 Å². The highest BCUT2D eigenvalue weighted by atomic mass is 32.2. The Kier molecular flexibility index (Phi) is 7.16. The maximum atomic E-state index is 13.0. The van der Waals surface area contributed by atoms with Crippen molar-refractivity contribution in [1.29, 1.82) is 0 Å². The lowest BCUT2D eigenvalue weighted by Crippen LogP contribution is -2.36. The Labute approximate surface area is 198 Å². The Morgan fingerprint density at radius 1 is 1.06 bits per heavy atom. The number of anilines is 1. The van der Waals surface area contributed by atoms with Gasteiger partial charge in [-0.2, -0.15) is 0 Å². The largest absolute Gasteiger partial charge is 0.336 e. The number of thioether (sulfide) groups is 1. The maximum absolute atomic E-state index is 13.0. The van der Waals surface area contributed by atoms with Gasteiger partial charge < -0.3 is 10.2 Å². The van der Waals surface area contributed by atoms with E-state index in [9.17, 15) is 14.0 Å². The molecule has 2 aromatic carbocycles. The number of halogens is 1. The van der Waals surface area contributed by atoms with Crippen molar-refractivity contribution in [3.05, 3.63) is 77.9 Å². The molecule has 0 radical (unpaired) electrons. The van der Waals surface area contributed by atoms with Crippen LogP contribution in [0.25, 0.3) is 16.4 Å². The molecule has 1 N–H and O–H groups in total. The molecular formula is C23H20FN5O2S2. The van der Waals surface area contributed by atoms with Crippen molar-refractivity contribution in [2.24, 2.45) is 0 Å². The Bertz CT molecular complexity index is 1230. The first-order chi connectivity index (χ1) is 16.0. The Morgan fingerprint density at radius 2 is 1.82 bits per heavy atom. The van der Waals surface area contributed by atoms with Crippen molar-refractivity contribution in [2.45, 2.75) is 5.16 Å². The number of amides is 2. The van der Waals surface area contributed by atoms with Crippen molar-refractivity contribution in [1.82, 2.24) is 19.7 Å². The second-order valence-corrected chi connectivity index (χ2v) is 8.94. The van der Waals surface area contributed by atoms with Gasteiger partial charge in [-0.15, -0.1) is 21.5 Å². The van der Waals surface area contributed by atoms with E-state index in [1.807, 2.05) is 52.4 Å². The summed E-state index contributed by atoms with van der Waals surface area (Å²) in [6, 6.07) is 19.1. The van der Waals surface area contributed by atoms with Crippen LogP contribution in [0.3, 0.4) is 0 Å². The molecule has 10 heteroatoms. The third-order valence-electron chi connectivity index (χ3n) is 4.65. The number of benzene rings is 2. The molecule has 33 heavy (non-hydrogen) atoms. The number of para-hydroxylation sites is 1. The van der Waals surface area contributed by atoms with E-state index in [0.717, 1.165) is 10.6 Å². The summed E-state index contributed by atoms with van der Waals surface area (Å²) in [5, 5.41) is 13.9. The summed E-state index contributed by atoms with van der Waals surface area (Å²) < 4.78 is 14.9. The zero-order valence-corrected chi connectivity index (χ0v) is 19.3. The van der Waals surface area contributed by atoms with Crippen LogP contribution in [-0.2, 0) is 9.59 Å². The molecule has 0 saturated heterocycles. The molecule has 4 rings (SSSR count). The smallest absolute Gasteiger partial charge is 0.243 e. The summed E-state index contributed by atoms with van der Waals surface area (Å²) in [5.74, 6) is -0.180. The third-order valence-corrected chi connectivity index (χ3v) is 6.43. The number of nitrogens with one attached hydrogen (secondary N) is 1. The first kappa shape index (κ1) is 22.7.